The maximum absolute atomic E-state index is 10.3. The van der Waals surface area contributed by atoms with Gasteiger partial charge in [-0.25, -0.2) is 0 Å². The van der Waals surface area contributed by atoms with Gasteiger partial charge in [-0.15, -0.1) is 6.54 Å². The maximum Gasteiger partial charge on any atom is 0.0104 e. The number of hydrogen-bond donors (Lipinski definition) is 0. The number of hydrogen-bond acceptors (Lipinski definition) is 2. The van der Waals surface area contributed by atoms with Crippen molar-refractivity contribution in [3.63, 3.8) is 0 Å². The van der Waals surface area contributed by atoms with Crippen LogP contribution in [0.5, 0.6) is 0 Å². The van der Waals surface area contributed by atoms with E-state index >= 15 is 0 Å². The van der Waals surface area contributed by atoms with Gasteiger partial charge in [0.15, 0.2) is 0 Å². The third kappa shape index (κ3) is 15.8. The molecular weight excluding hydrogens is 500 g/mol. The van der Waals surface area contributed by atoms with Gasteiger partial charge >= 0.3 is 0 Å². The normalized spacial score (nSPS) is 13.8. The molecule has 0 spiro atoms. The molecule has 0 aromatic heterocycles. The first-order chi connectivity index (χ1) is 5.36. The van der Waals surface area contributed by atoms with Gasteiger partial charge in [-0.2, -0.15) is 6.41 Å². The smallest absolute Gasteiger partial charge is 0.0104 e. The fourth-order valence-electron chi connectivity index (χ4n) is 1.29. The second kappa shape index (κ2) is 22.9. The van der Waals surface area contributed by atoms with Crippen LogP contribution in [0.15, 0.2) is 0 Å². The Bertz CT molecular complexity index is 145. The van der Waals surface area contributed by atoms with Crippen molar-refractivity contribution in [3.05, 3.63) is 29.2 Å². The van der Waals surface area contributed by atoms with Crippen molar-refractivity contribution >= 4 is 6.41 Å². The molecule has 0 aromatic rings. The van der Waals surface area contributed by atoms with Gasteiger partial charge < -0.3 is 43.8 Å². The molecule has 1 heterocycles. The summed E-state index contributed by atoms with van der Waals surface area (Å²) in [6.45, 7) is 8.30. The molecule has 102 valence electrons. The van der Waals surface area contributed by atoms with Crippen LogP contribution in [0.4, 0.5) is 0 Å². The topological polar surface area (TPSA) is 23.6 Å². The fourth-order valence-corrected chi connectivity index (χ4v) is 1.29. The van der Waals surface area contributed by atoms with Gasteiger partial charge in [0.25, 0.3) is 0 Å². The fraction of sp³-hybridized carbons (Fsp3) is 0.545. The second-order valence-corrected chi connectivity index (χ2v) is 2.77. The number of carbonyl (C=O) groups excluding carboxylic acids is 1. The Balaban J connectivity index is -0.0000000504. The van der Waals surface area contributed by atoms with Crippen LogP contribution in [0.3, 0.4) is 0 Å². The Morgan fingerprint density at radius 3 is 2.00 bits per heavy atom. The Morgan fingerprint density at radius 1 is 1.06 bits per heavy atom. The van der Waals surface area contributed by atoms with Gasteiger partial charge in [0.1, 0.15) is 0 Å². The van der Waals surface area contributed by atoms with Gasteiger partial charge in [0.2, 0.25) is 0 Å². The first kappa shape index (κ1) is 36.4. The molecule has 0 atom stereocenters. The van der Waals surface area contributed by atoms with Crippen LogP contribution in [-0.2, 0) is 77.1 Å². The summed E-state index contributed by atoms with van der Waals surface area (Å²) in [5, 5.41) is 0. The molecule has 17 heavy (non-hydrogen) atoms. The summed E-state index contributed by atoms with van der Waals surface area (Å²) in [6, 6.07) is 0. The van der Waals surface area contributed by atoms with Gasteiger partial charge in [0.05, 0.1) is 0 Å². The minimum Gasteiger partial charge on any atom is -0.520 e. The third-order valence-corrected chi connectivity index (χ3v) is 2.03. The van der Waals surface area contributed by atoms with Crippen LogP contribution in [-0.4, -0.2) is 48.9 Å². The molecule has 0 bridgehead atoms. The largest absolute Gasteiger partial charge is 0.520 e. The molecule has 1 rings (SSSR count). The monoisotopic (exact) mass is 523 g/mol. The molecule has 1 fully saturated rings. The molecule has 6 heteroatoms. The molecule has 0 unspecified atom stereocenters. The van der Waals surface area contributed by atoms with E-state index < -0.39 is 0 Å². The zero-order chi connectivity index (χ0) is 8.10. The van der Waals surface area contributed by atoms with Crippen molar-refractivity contribution in [3.8, 4) is 0 Å². The molecule has 1 aliphatic rings. The van der Waals surface area contributed by atoms with E-state index in [9.17, 15) is 4.79 Å². The SMILES string of the molecule is [CH2-]CN1CCCN([C-]=O)CC1.[CH3-].[CH3-].[CH3-].[V].[W].[Y]. The Hall–Kier alpha value is 1.81. The molecule has 3 nitrogen and oxygen atoms in total. The van der Waals surface area contributed by atoms with E-state index in [0.717, 1.165) is 39.1 Å². The van der Waals surface area contributed by atoms with E-state index in [1.54, 1.807) is 4.90 Å². The number of nitrogens with zero attached hydrogens (tertiary/aromatic N) is 2. The van der Waals surface area contributed by atoms with Crippen LogP contribution >= 0.6 is 0 Å². The van der Waals surface area contributed by atoms with Gasteiger partial charge in [-0.3, -0.25) is 0 Å². The first-order valence-electron chi connectivity index (χ1n) is 4.01. The van der Waals surface area contributed by atoms with Crippen LogP contribution in [0.2, 0.25) is 0 Å². The summed E-state index contributed by atoms with van der Waals surface area (Å²) >= 11 is 0. The average molecular weight is 523 g/mol. The molecular formula is C11H23N2OVWY-5. The standard InChI is InChI=1S/C8H14N2O.3CH3.V.W.Y/c1-2-9-4-3-5-10(8-11)7-6-9;;;;;;/h1-7H2;3*1H3;;;/q-2;3*-1;;;. The van der Waals surface area contributed by atoms with Crippen molar-refractivity contribution in [1.29, 1.82) is 0 Å². The molecule has 1 amide bonds. The van der Waals surface area contributed by atoms with E-state index in [-0.39, 0.29) is 94.6 Å². The van der Waals surface area contributed by atoms with Crippen molar-refractivity contribution in [1.82, 2.24) is 9.80 Å². The summed E-state index contributed by atoms with van der Waals surface area (Å²) < 4.78 is 0. The van der Waals surface area contributed by atoms with E-state index in [4.69, 9.17) is 0 Å². The molecule has 0 aliphatic carbocycles. The van der Waals surface area contributed by atoms with E-state index in [1.807, 2.05) is 6.41 Å². The zero-order valence-corrected chi connectivity index (χ0v) is 18.4. The minimum absolute atomic E-state index is 0. The van der Waals surface area contributed by atoms with Crippen LogP contribution in [0.1, 0.15) is 6.42 Å². The zero-order valence-electron chi connectivity index (χ0n) is 11.2. The van der Waals surface area contributed by atoms with E-state index in [1.165, 1.54) is 0 Å². The van der Waals surface area contributed by atoms with Crippen molar-refractivity contribution < 1.29 is 77.1 Å². The second-order valence-electron chi connectivity index (χ2n) is 2.77. The number of rotatable bonds is 2. The van der Waals surface area contributed by atoms with Gasteiger partial charge in [0, 0.05) is 85.4 Å². The van der Waals surface area contributed by atoms with Crippen molar-refractivity contribution in [2.75, 3.05) is 32.7 Å². The molecule has 1 aliphatic heterocycles. The predicted molar refractivity (Wildman–Crippen MR) is 62.9 cm³/mol. The molecule has 0 N–H and O–H groups in total. The van der Waals surface area contributed by atoms with Crippen LogP contribution in [0, 0.1) is 29.2 Å². The quantitative estimate of drug-likeness (QED) is 0.510. The summed E-state index contributed by atoms with van der Waals surface area (Å²) in [5.74, 6) is 0. The Labute approximate surface area is 160 Å². The van der Waals surface area contributed by atoms with Crippen LogP contribution in [0.25, 0.3) is 0 Å². The molecule has 0 aromatic carbocycles. The van der Waals surface area contributed by atoms with Crippen molar-refractivity contribution in [2.24, 2.45) is 0 Å². The molecule has 2 radical (unpaired) electrons. The average Bonchev–Trinajstić information content (AvgIpc) is 2.28. The van der Waals surface area contributed by atoms with Crippen molar-refractivity contribution in [2.45, 2.75) is 6.42 Å². The summed E-state index contributed by atoms with van der Waals surface area (Å²) in [4.78, 5) is 14.2. The molecule has 0 saturated carbocycles. The number of amides is 1. The summed E-state index contributed by atoms with van der Waals surface area (Å²) in [7, 11) is 0. The maximum atomic E-state index is 10.3. The minimum atomic E-state index is 0. The third-order valence-electron chi connectivity index (χ3n) is 2.03. The van der Waals surface area contributed by atoms with Gasteiger partial charge in [-0.1, -0.05) is 0 Å². The Morgan fingerprint density at radius 2 is 1.59 bits per heavy atom. The van der Waals surface area contributed by atoms with E-state index in [0.29, 0.717) is 0 Å². The summed E-state index contributed by atoms with van der Waals surface area (Å²) in [5.41, 5.74) is 0. The van der Waals surface area contributed by atoms with E-state index in [2.05, 4.69) is 11.8 Å². The van der Waals surface area contributed by atoms with Gasteiger partial charge in [-0.05, 0) is 19.5 Å². The van der Waals surface area contributed by atoms with Crippen LogP contribution < -0.4 is 0 Å². The first-order valence-corrected chi connectivity index (χ1v) is 4.01. The molecule has 1 saturated heterocycles. The predicted octanol–water partition coefficient (Wildman–Crippen LogP) is 1.24. The Kier molecular flexibility index (Phi) is 49.1. The summed E-state index contributed by atoms with van der Waals surface area (Å²) in [6.07, 6.45) is 2.97.